The summed E-state index contributed by atoms with van der Waals surface area (Å²) >= 11 is 0. The minimum absolute atomic E-state index is 0.210. The van der Waals surface area contributed by atoms with Gasteiger partial charge in [-0.25, -0.2) is 14.3 Å². The zero-order valence-electron chi connectivity index (χ0n) is 21.6. The van der Waals surface area contributed by atoms with Crippen molar-refractivity contribution in [2.45, 2.75) is 26.4 Å². The molecule has 0 aromatic carbocycles. The molecule has 11 nitrogen and oxygen atoms in total. The van der Waals surface area contributed by atoms with E-state index in [0.29, 0.717) is 43.0 Å². The minimum atomic E-state index is -0.581. The number of pyridine rings is 2. The van der Waals surface area contributed by atoms with Crippen molar-refractivity contribution in [3.05, 3.63) is 42.4 Å². The normalized spacial score (nSPS) is 13.5. The third-order valence-electron chi connectivity index (χ3n) is 5.82. The van der Waals surface area contributed by atoms with Crippen LogP contribution in [0, 0.1) is 23.7 Å². The van der Waals surface area contributed by atoms with Crippen LogP contribution in [0.15, 0.2) is 36.8 Å². The molecule has 0 radical (unpaired) electrons. The maximum absolute atomic E-state index is 11.9. The number of anilines is 1. The fourth-order valence-electron chi connectivity index (χ4n) is 4.08. The van der Waals surface area contributed by atoms with Crippen LogP contribution in [0.25, 0.3) is 16.6 Å². The molecule has 0 saturated carbocycles. The highest BCUT2D eigenvalue weighted by molar-refractivity contribution is 5.93. The average molecular weight is 516 g/mol. The van der Waals surface area contributed by atoms with E-state index in [1.807, 2.05) is 18.2 Å². The molecular formula is C27H29N7O4. The second kappa shape index (κ2) is 11.1. The third-order valence-corrected chi connectivity index (χ3v) is 5.82. The lowest BCUT2D eigenvalue weighted by Gasteiger charge is -2.34. The number of piperazine rings is 1. The first-order valence-corrected chi connectivity index (χ1v) is 12.2. The van der Waals surface area contributed by atoms with Gasteiger partial charge in [-0.3, -0.25) is 4.79 Å². The molecule has 1 fully saturated rings. The highest BCUT2D eigenvalue weighted by atomic mass is 16.6. The standard InChI is InChI=1S/C27H29N7O4/c1-5-24(35)33-11-9-32(10-12-33)23-7-6-19(16-30-23)22-14-21(18-34-25(22)20(15-28)17-31-34)37-13-8-29-26(36)38-27(2,3)4/h1,6-7,14,16-18H,8-13H2,2-4H3,(H,29,36). The van der Waals surface area contributed by atoms with E-state index >= 15 is 0 Å². The average Bonchev–Trinajstić information content (AvgIpc) is 3.32. The lowest BCUT2D eigenvalue weighted by atomic mass is 10.1. The van der Waals surface area contributed by atoms with E-state index in [2.05, 4.69) is 32.3 Å². The second-order valence-electron chi connectivity index (χ2n) is 9.66. The van der Waals surface area contributed by atoms with E-state index in [4.69, 9.17) is 15.9 Å². The summed E-state index contributed by atoms with van der Waals surface area (Å²) in [6.07, 6.45) is 9.64. The Morgan fingerprint density at radius 1 is 1.18 bits per heavy atom. The molecule has 0 unspecified atom stereocenters. The van der Waals surface area contributed by atoms with Gasteiger partial charge in [-0.15, -0.1) is 6.42 Å². The maximum Gasteiger partial charge on any atom is 0.407 e. The number of nitrogens with one attached hydrogen (secondary N) is 1. The number of ether oxygens (including phenoxy) is 2. The van der Waals surface area contributed by atoms with Crippen LogP contribution >= 0.6 is 0 Å². The van der Waals surface area contributed by atoms with Gasteiger partial charge in [-0.05, 0) is 44.9 Å². The number of carbonyl (C=O) groups is 2. The number of alkyl carbamates (subject to hydrolysis) is 1. The third kappa shape index (κ3) is 6.13. The number of nitrogens with zero attached hydrogens (tertiary/aromatic N) is 6. The van der Waals surface area contributed by atoms with Crippen LogP contribution in [0.2, 0.25) is 0 Å². The number of nitriles is 1. The summed E-state index contributed by atoms with van der Waals surface area (Å²) in [6.45, 7) is 8.19. The molecule has 11 heteroatoms. The number of hydrogen-bond acceptors (Lipinski definition) is 8. The molecule has 1 aliphatic rings. The van der Waals surface area contributed by atoms with E-state index < -0.39 is 11.7 Å². The van der Waals surface area contributed by atoms with Crippen LogP contribution in [-0.4, -0.2) is 76.4 Å². The molecule has 0 spiro atoms. The molecule has 3 aromatic rings. The Bertz CT molecular complexity index is 1400. The first-order chi connectivity index (χ1) is 18.2. The Balaban J connectivity index is 1.49. The van der Waals surface area contributed by atoms with Crippen molar-refractivity contribution in [2.75, 3.05) is 44.2 Å². The number of rotatable bonds is 6. The molecule has 4 heterocycles. The molecule has 4 rings (SSSR count). The lowest BCUT2D eigenvalue weighted by Crippen LogP contribution is -2.48. The summed E-state index contributed by atoms with van der Waals surface area (Å²) in [5.41, 5.74) is 2.01. The van der Waals surface area contributed by atoms with Crippen molar-refractivity contribution in [1.82, 2.24) is 24.8 Å². The van der Waals surface area contributed by atoms with Gasteiger partial charge in [0.1, 0.15) is 29.8 Å². The summed E-state index contributed by atoms with van der Waals surface area (Å²) < 4.78 is 12.7. The van der Waals surface area contributed by atoms with Crippen molar-refractivity contribution >= 4 is 23.3 Å². The molecule has 0 aliphatic carbocycles. The predicted octanol–water partition coefficient (Wildman–Crippen LogP) is 2.45. The van der Waals surface area contributed by atoms with Crippen molar-refractivity contribution in [3.63, 3.8) is 0 Å². The Morgan fingerprint density at radius 2 is 1.95 bits per heavy atom. The summed E-state index contributed by atoms with van der Waals surface area (Å²) in [5.74, 6) is 3.16. The van der Waals surface area contributed by atoms with E-state index in [-0.39, 0.29) is 19.1 Å². The van der Waals surface area contributed by atoms with Gasteiger partial charge in [0.25, 0.3) is 5.91 Å². The summed E-state index contributed by atoms with van der Waals surface area (Å²) in [5, 5.41) is 16.6. The Kier molecular flexibility index (Phi) is 7.68. The fourth-order valence-corrected chi connectivity index (χ4v) is 4.08. The van der Waals surface area contributed by atoms with Crippen LogP contribution in [0.1, 0.15) is 26.3 Å². The zero-order chi connectivity index (χ0) is 27.3. The molecule has 1 saturated heterocycles. The second-order valence-corrected chi connectivity index (χ2v) is 9.66. The summed E-state index contributed by atoms with van der Waals surface area (Å²) in [6, 6.07) is 7.85. The number of hydrogen-bond donors (Lipinski definition) is 1. The van der Waals surface area contributed by atoms with E-state index in [1.165, 1.54) is 6.20 Å². The van der Waals surface area contributed by atoms with Crippen molar-refractivity contribution in [1.29, 1.82) is 5.26 Å². The van der Waals surface area contributed by atoms with Gasteiger partial charge in [0.2, 0.25) is 0 Å². The van der Waals surface area contributed by atoms with Crippen LogP contribution < -0.4 is 15.0 Å². The predicted molar refractivity (Wildman–Crippen MR) is 140 cm³/mol. The van der Waals surface area contributed by atoms with E-state index in [0.717, 1.165) is 16.9 Å². The molecule has 0 bridgehead atoms. The Hall–Kier alpha value is -4.77. The van der Waals surface area contributed by atoms with Gasteiger partial charge in [-0.1, -0.05) is 0 Å². The molecule has 38 heavy (non-hydrogen) atoms. The molecule has 196 valence electrons. The molecule has 1 aliphatic heterocycles. The van der Waals surface area contributed by atoms with Gasteiger partial charge >= 0.3 is 6.09 Å². The van der Waals surface area contributed by atoms with Gasteiger partial charge in [0.05, 0.1) is 30.0 Å². The SMILES string of the molecule is C#CC(=O)N1CCN(c2ccc(-c3cc(OCCNC(=O)OC(C)(C)C)cn4ncc(C#N)c34)cn2)CC1. The number of aromatic nitrogens is 3. The largest absolute Gasteiger partial charge is 0.490 e. The number of amides is 2. The van der Waals surface area contributed by atoms with Crippen molar-refractivity contribution < 1.29 is 19.1 Å². The maximum atomic E-state index is 11.9. The number of fused-ring (bicyclic) bond motifs is 1. The van der Waals surface area contributed by atoms with Crippen LogP contribution in [-0.2, 0) is 9.53 Å². The Morgan fingerprint density at radius 3 is 2.58 bits per heavy atom. The monoisotopic (exact) mass is 515 g/mol. The lowest BCUT2D eigenvalue weighted by molar-refractivity contribution is -0.125. The topological polar surface area (TPSA) is 125 Å². The first-order valence-electron chi connectivity index (χ1n) is 12.2. The number of terminal acetylenes is 1. The molecule has 2 amide bonds. The molecule has 1 N–H and O–H groups in total. The molecular weight excluding hydrogens is 486 g/mol. The van der Waals surface area contributed by atoms with Crippen molar-refractivity contribution in [2.24, 2.45) is 0 Å². The highest BCUT2D eigenvalue weighted by Gasteiger charge is 2.21. The van der Waals surface area contributed by atoms with Crippen LogP contribution in [0.3, 0.4) is 0 Å². The van der Waals surface area contributed by atoms with Gasteiger partial charge < -0.3 is 24.6 Å². The molecule has 0 atom stereocenters. The summed E-state index contributed by atoms with van der Waals surface area (Å²) in [7, 11) is 0. The zero-order valence-corrected chi connectivity index (χ0v) is 21.6. The smallest absolute Gasteiger partial charge is 0.407 e. The van der Waals surface area contributed by atoms with Gasteiger partial charge in [0, 0.05) is 43.5 Å². The van der Waals surface area contributed by atoms with E-state index in [9.17, 15) is 14.9 Å². The highest BCUT2D eigenvalue weighted by Crippen LogP contribution is 2.31. The fraction of sp³-hybridized carbons (Fsp3) is 0.370. The van der Waals surface area contributed by atoms with E-state index in [1.54, 1.807) is 42.6 Å². The quantitative estimate of drug-likeness (QED) is 0.392. The van der Waals surface area contributed by atoms with Crippen molar-refractivity contribution in [3.8, 4) is 35.3 Å². The summed E-state index contributed by atoms with van der Waals surface area (Å²) in [4.78, 5) is 32.0. The van der Waals surface area contributed by atoms with Gasteiger partial charge in [0.15, 0.2) is 0 Å². The number of carbonyl (C=O) groups excluding carboxylic acids is 2. The first kappa shape index (κ1) is 26.3. The van der Waals surface area contributed by atoms with Crippen LogP contribution in [0.5, 0.6) is 5.75 Å². The molecule has 3 aromatic heterocycles. The minimum Gasteiger partial charge on any atom is -0.490 e. The Labute approximate surface area is 220 Å². The van der Waals surface area contributed by atoms with Gasteiger partial charge in [-0.2, -0.15) is 10.4 Å². The van der Waals surface area contributed by atoms with Crippen LogP contribution in [0.4, 0.5) is 10.6 Å².